The molecule has 0 atom stereocenters. The van der Waals surface area contributed by atoms with Crippen molar-refractivity contribution in [2.75, 3.05) is 13.2 Å². The van der Waals surface area contributed by atoms with Crippen molar-refractivity contribution in [3.63, 3.8) is 0 Å². The van der Waals surface area contributed by atoms with Crippen LogP contribution in [0.5, 0.6) is 0 Å². The van der Waals surface area contributed by atoms with E-state index in [0.717, 1.165) is 37.2 Å². The Kier molecular flexibility index (Phi) is 4.01. The van der Waals surface area contributed by atoms with Gasteiger partial charge in [-0.05, 0) is 0 Å². The summed E-state index contributed by atoms with van der Waals surface area (Å²) in [6, 6.07) is 0. The molecule has 0 fully saturated rings. The van der Waals surface area contributed by atoms with Crippen molar-refractivity contribution in [3.8, 4) is 0 Å². The van der Waals surface area contributed by atoms with Crippen molar-refractivity contribution in [2.45, 2.75) is 6.42 Å². The molecule has 0 aromatic heterocycles. The van der Waals surface area contributed by atoms with Gasteiger partial charge in [-0.2, -0.15) is 0 Å². The van der Waals surface area contributed by atoms with Crippen LogP contribution in [-0.4, -0.2) is 52.2 Å². The zero-order valence-corrected chi connectivity index (χ0v) is 9.04. The molecule has 0 aliphatic heterocycles. The first-order chi connectivity index (χ1) is 5.75. The van der Waals surface area contributed by atoms with Crippen LogP contribution in [-0.2, 0) is 9.53 Å². The average Bonchev–Trinajstić information content (AvgIpc) is 2.47. The molecule has 0 spiro atoms. The Balaban J connectivity index is 2.52. The Morgan fingerprint density at radius 2 is 2.50 bits per heavy atom. The van der Waals surface area contributed by atoms with E-state index in [1.54, 1.807) is 6.08 Å². The average molecular weight is 176 g/mol. The predicted octanol–water partition coefficient (Wildman–Crippen LogP) is -0.0956. The van der Waals surface area contributed by atoms with E-state index in [1.165, 1.54) is 0 Å². The number of hydrogen-bond acceptors (Lipinski definition) is 3. The van der Waals surface area contributed by atoms with Crippen LogP contribution in [0.15, 0.2) is 20.5 Å². The van der Waals surface area contributed by atoms with Crippen molar-refractivity contribution >= 4 is 33.9 Å². The van der Waals surface area contributed by atoms with Gasteiger partial charge in [0.25, 0.3) is 0 Å². The number of aliphatic hydroxyl groups excluding tert-OH is 1. The number of hydrogen-bond donors (Lipinski definition) is 1. The van der Waals surface area contributed by atoms with E-state index in [4.69, 9.17) is 9.84 Å². The number of ether oxygens (including phenoxy) is 1. The van der Waals surface area contributed by atoms with E-state index in [9.17, 15) is 4.79 Å². The fourth-order valence-electron chi connectivity index (χ4n) is 1.06. The second-order valence-corrected chi connectivity index (χ2v) is 3.87. The van der Waals surface area contributed by atoms with Crippen molar-refractivity contribution in [1.29, 1.82) is 0 Å². The Morgan fingerprint density at radius 3 is 3.00 bits per heavy atom. The summed E-state index contributed by atoms with van der Waals surface area (Å²) in [5, 5.41) is 8.42. The Labute approximate surface area is 88.5 Å². The van der Waals surface area contributed by atoms with E-state index in [1.807, 2.05) is 6.08 Å². The summed E-state index contributed by atoms with van der Waals surface area (Å²) >= 11 is 0.896. The van der Waals surface area contributed by atoms with E-state index in [-0.39, 0.29) is 19.2 Å². The quantitative estimate of drug-likeness (QED) is 0.482. The van der Waals surface area contributed by atoms with Crippen LogP contribution in [0.2, 0.25) is 0 Å². The Morgan fingerprint density at radius 1 is 1.75 bits per heavy atom. The van der Waals surface area contributed by atoms with Gasteiger partial charge < -0.3 is 0 Å². The van der Waals surface area contributed by atoms with Crippen LogP contribution in [0.3, 0.4) is 0 Å². The molecule has 0 bridgehead atoms. The molecule has 12 heavy (non-hydrogen) atoms. The molecule has 1 N–H and O–H groups in total. The number of carbonyl (C=O) groups is 1. The van der Waals surface area contributed by atoms with Crippen LogP contribution in [0.25, 0.3) is 0 Å². The molecular weight excluding hydrogens is 167 g/mol. The predicted molar refractivity (Wildman–Crippen MR) is 44.6 cm³/mol. The first kappa shape index (κ1) is 9.99. The molecule has 3 nitrogen and oxygen atoms in total. The summed E-state index contributed by atoms with van der Waals surface area (Å²) in [7, 11) is 0. The molecule has 0 radical (unpaired) electrons. The maximum absolute atomic E-state index is 11.2. The van der Waals surface area contributed by atoms with Crippen LogP contribution in [0, 0.1) is 0 Å². The summed E-state index contributed by atoms with van der Waals surface area (Å²) in [6.45, 7) is -0.0236. The molecule has 0 saturated carbocycles. The van der Waals surface area contributed by atoms with Crippen molar-refractivity contribution in [3.05, 3.63) is 20.5 Å². The van der Waals surface area contributed by atoms with Crippen LogP contribution >= 0.6 is 0 Å². The van der Waals surface area contributed by atoms with E-state index in [0.29, 0.717) is 5.57 Å². The summed E-state index contributed by atoms with van der Waals surface area (Å²) in [5.74, 6) is -0.303. The Hall–Kier alpha value is -0.0900. The van der Waals surface area contributed by atoms with E-state index >= 15 is 0 Å². The third kappa shape index (κ3) is 2.45. The summed E-state index contributed by atoms with van der Waals surface area (Å²) in [4.78, 5) is 11.2. The van der Waals surface area contributed by atoms with Gasteiger partial charge in [0.1, 0.15) is 0 Å². The zero-order valence-electron chi connectivity index (χ0n) is 7.04. The van der Waals surface area contributed by atoms with Crippen molar-refractivity contribution < 1.29 is 14.6 Å². The monoisotopic (exact) mass is 176 g/mol. The first-order valence-electron chi connectivity index (χ1n) is 3.90. The molecule has 0 aromatic rings. The van der Waals surface area contributed by atoms with Crippen molar-refractivity contribution in [2.24, 2.45) is 0 Å². The second-order valence-electron chi connectivity index (χ2n) is 2.66. The standard InChI is InChI=1S/C8H9O3.Na/c9-5-6-11-8(10)7-3-1-2-4-7;/h1,3,9H,2,5-6H2;. The van der Waals surface area contributed by atoms with Gasteiger partial charge in [-0.25, -0.2) is 0 Å². The molecule has 0 aromatic carbocycles. The fraction of sp³-hybridized carbons (Fsp3) is 0.375. The van der Waals surface area contributed by atoms with Crippen LogP contribution < -0.4 is 0 Å². The maximum atomic E-state index is 11.2. The number of rotatable bonds is 3. The molecule has 1 aliphatic carbocycles. The van der Waals surface area contributed by atoms with E-state index < -0.39 is 0 Å². The number of carbonyl (C=O) groups excluding carboxylic acids is 1. The van der Waals surface area contributed by atoms with Gasteiger partial charge in [-0.15, -0.1) is 0 Å². The summed E-state index contributed by atoms with van der Waals surface area (Å²) in [5.41, 5.74) is 0.690. The van der Waals surface area contributed by atoms with Gasteiger partial charge >= 0.3 is 88.7 Å². The topological polar surface area (TPSA) is 46.5 Å². The molecule has 4 heteroatoms. The summed E-state index contributed by atoms with van der Waals surface area (Å²) in [6.07, 6.45) is 4.63. The molecule has 0 unspecified atom stereocenters. The molecule has 1 rings (SSSR count). The molecule has 0 amide bonds. The molecule has 1 aliphatic rings. The molecule has 0 saturated heterocycles. The van der Waals surface area contributed by atoms with E-state index in [2.05, 4.69) is 0 Å². The second kappa shape index (κ2) is 4.82. The van der Waals surface area contributed by atoms with Gasteiger partial charge in [-0.3, -0.25) is 0 Å². The van der Waals surface area contributed by atoms with Crippen LogP contribution in [0.4, 0.5) is 0 Å². The van der Waals surface area contributed by atoms with Gasteiger partial charge in [0, 0.05) is 0 Å². The molecular formula is C8H9NaO3. The van der Waals surface area contributed by atoms with Crippen LogP contribution in [0.1, 0.15) is 6.42 Å². The molecule has 60 valence electrons. The third-order valence-corrected chi connectivity index (χ3v) is 2.66. The number of esters is 1. The Bertz CT molecular complexity index is 243. The SMILES string of the molecule is O=C(OCCO)C1=[C]([Na])CC=C1. The molecule has 0 heterocycles. The number of allylic oxidation sites excluding steroid dienone is 2. The van der Waals surface area contributed by atoms with Gasteiger partial charge in [0.05, 0.1) is 0 Å². The minimum atomic E-state index is -0.303. The number of aliphatic hydroxyl groups is 1. The van der Waals surface area contributed by atoms with Gasteiger partial charge in [-0.1, -0.05) is 0 Å². The zero-order chi connectivity index (χ0) is 8.97. The normalized spacial score (nSPS) is 15.6. The van der Waals surface area contributed by atoms with Crippen molar-refractivity contribution in [1.82, 2.24) is 0 Å². The van der Waals surface area contributed by atoms with Gasteiger partial charge in [0.2, 0.25) is 0 Å². The summed E-state index contributed by atoms with van der Waals surface area (Å²) < 4.78 is 5.93. The third-order valence-electron chi connectivity index (χ3n) is 1.71. The first-order valence-corrected chi connectivity index (χ1v) is 4.90. The fourth-order valence-corrected chi connectivity index (χ4v) is 1.67. The minimum absolute atomic E-state index is 0.0883. The van der Waals surface area contributed by atoms with Gasteiger partial charge in [0.15, 0.2) is 0 Å².